The van der Waals surface area contributed by atoms with Crippen LogP contribution < -0.4 is 15.0 Å². The maximum Gasteiger partial charge on any atom is 0.121 e. The lowest BCUT2D eigenvalue weighted by atomic mass is 10.1. The summed E-state index contributed by atoms with van der Waals surface area (Å²) in [4.78, 5) is 2.44. The highest BCUT2D eigenvalue weighted by Crippen LogP contribution is 2.22. The first-order valence-corrected chi connectivity index (χ1v) is 7.44. The minimum Gasteiger partial charge on any atom is -0.494 e. The maximum atomic E-state index is 5.84. The van der Waals surface area contributed by atoms with E-state index >= 15 is 0 Å². The number of nitrogens with one attached hydrogen (secondary N) is 1. The average molecular weight is 262 g/mol. The van der Waals surface area contributed by atoms with Gasteiger partial charge in [-0.1, -0.05) is 19.9 Å². The summed E-state index contributed by atoms with van der Waals surface area (Å²) in [6.45, 7) is 9.66. The van der Waals surface area contributed by atoms with Gasteiger partial charge in [-0.25, -0.2) is 0 Å². The Morgan fingerprint density at radius 2 is 2.16 bits per heavy atom. The van der Waals surface area contributed by atoms with Crippen LogP contribution in [0.3, 0.4) is 0 Å². The molecule has 1 aromatic carbocycles. The summed E-state index contributed by atoms with van der Waals surface area (Å²) in [5.41, 5.74) is 1.28. The van der Waals surface area contributed by atoms with Crippen molar-refractivity contribution < 1.29 is 4.74 Å². The molecule has 0 aliphatic carbocycles. The van der Waals surface area contributed by atoms with E-state index in [1.807, 2.05) is 0 Å². The molecule has 1 aliphatic heterocycles. The molecule has 106 valence electrons. The largest absolute Gasteiger partial charge is 0.494 e. The average Bonchev–Trinajstić information content (AvgIpc) is 2.67. The molecule has 1 heterocycles. The molecule has 3 heteroatoms. The standard InChI is InChI=1S/C16H26N2O/c1-14(2)7-12-19-16-6-3-5-15(13-16)18-10-4-8-17-9-11-18/h3,5-6,13-14,17H,4,7-12H2,1-2H3. The third-order valence-electron chi connectivity index (χ3n) is 3.49. The van der Waals surface area contributed by atoms with Crippen molar-refractivity contribution >= 4 is 5.69 Å². The van der Waals surface area contributed by atoms with Crippen LogP contribution in [0.5, 0.6) is 5.75 Å². The molecule has 1 fully saturated rings. The molecule has 0 amide bonds. The zero-order chi connectivity index (χ0) is 13.5. The Hall–Kier alpha value is -1.22. The lowest BCUT2D eigenvalue weighted by Gasteiger charge is -2.22. The van der Waals surface area contributed by atoms with Crippen LogP contribution in [0.4, 0.5) is 5.69 Å². The van der Waals surface area contributed by atoms with Gasteiger partial charge in [-0.05, 0) is 37.4 Å². The molecule has 0 radical (unpaired) electrons. The van der Waals surface area contributed by atoms with Crippen LogP contribution in [0.2, 0.25) is 0 Å². The Morgan fingerprint density at radius 1 is 1.26 bits per heavy atom. The minimum absolute atomic E-state index is 0.694. The van der Waals surface area contributed by atoms with E-state index in [0.717, 1.165) is 45.0 Å². The van der Waals surface area contributed by atoms with Crippen molar-refractivity contribution in [3.63, 3.8) is 0 Å². The minimum atomic E-state index is 0.694. The van der Waals surface area contributed by atoms with E-state index in [1.54, 1.807) is 0 Å². The van der Waals surface area contributed by atoms with Gasteiger partial charge in [0.15, 0.2) is 0 Å². The molecular formula is C16H26N2O. The Balaban J connectivity index is 1.93. The first-order valence-electron chi connectivity index (χ1n) is 7.44. The van der Waals surface area contributed by atoms with Crippen molar-refractivity contribution in [3.05, 3.63) is 24.3 Å². The summed E-state index contributed by atoms with van der Waals surface area (Å²) in [5.74, 6) is 1.69. The van der Waals surface area contributed by atoms with Crippen LogP contribution in [-0.2, 0) is 0 Å². The fourth-order valence-electron chi connectivity index (χ4n) is 2.29. The van der Waals surface area contributed by atoms with Crippen molar-refractivity contribution in [1.29, 1.82) is 0 Å². The third-order valence-corrected chi connectivity index (χ3v) is 3.49. The molecule has 1 aromatic rings. The quantitative estimate of drug-likeness (QED) is 0.883. The molecule has 2 rings (SSSR count). The third kappa shape index (κ3) is 4.75. The van der Waals surface area contributed by atoms with Gasteiger partial charge in [-0.3, -0.25) is 0 Å². The second-order valence-electron chi connectivity index (χ2n) is 5.62. The first kappa shape index (κ1) is 14.2. The predicted octanol–water partition coefficient (Wildman–Crippen LogP) is 2.91. The van der Waals surface area contributed by atoms with Gasteiger partial charge in [0, 0.05) is 31.4 Å². The molecule has 0 bridgehead atoms. The monoisotopic (exact) mass is 262 g/mol. The van der Waals surface area contributed by atoms with Crippen LogP contribution >= 0.6 is 0 Å². The summed E-state index contributed by atoms with van der Waals surface area (Å²) in [6.07, 6.45) is 2.32. The second-order valence-corrected chi connectivity index (χ2v) is 5.62. The van der Waals surface area contributed by atoms with Gasteiger partial charge < -0.3 is 15.0 Å². The van der Waals surface area contributed by atoms with Gasteiger partial charge in [0.25, 0.3) is 0 Å². The van der Waals surface area contributed by atoms with Crippen LogP contribution in [0.15, 0.2) is 24.3 Å². The lowest BCUT2D eigenvalue weighted by Crippen LogP contribution is -2.27. The number of rotatable bonds is 5. The van der Waals surface area contributed by atoms with Crippen molar-refractivity contribution in [1.82, 2.24) is 5.32 Å². The molecule has 1 aliphatic rings. The Kier molecular flexibility index (Phi) is 5.52. The second kappa shape index (κ2) is 7.39. The zero-order valence-electron chi connectivity index (χ0n) is 12.2. The molecule has 0 unspecified atom stereocenters. The van der Waals surface area contributed by atoms with Crippen molar-refractivity contribution in [2.24, 2.45) is 5.92 Å². The number of ether oxygens (including phenoxy) is 1. The van der Waals surface area contributed by atoms with Gasteiger partial charge in [-0.2, -0.15) is 0 Å². The zero-order valence-corrected chi connectivity index (χ0v) is 12.2. The summed E-state index contributed by atoms with van der Waals surface area (Å²) < 4.78 is 5.84. The van der Waals surface area contributed by atoms with E-state index in [9.17, 15) is 0 Å². The number of hydrogen-bond donors (Lipinski definition) is 1. The van der Waals surface area contributed by atoms with Gasteiger partial charge in [0.05, 0.1) is 6.61 Å². The fourth-order valence-corrected chi connectivity index (χ4v) is 2.29. The van der Waals surface area contributed by atoms with Crippen LogP contribution in [0.1, 0.15) is 26.7 Å². The molecule has 0 spiro atoms. The van der Waals surface area contributed by atoms with E-state index < -0.39 is 0 Å². The van der Waals surface area contributed by atoms with Crippen LogP contribution in [0, 0.1) is 5.92 Å². The summed E-state index contributed by atoms with van der Waals surface area (Å²) in [7, 11) is 0. The molecule has 0 atom stereocenters. The van der Waals surface area contributed by atoms with E-state index in [-0.39, 0.29) is 0 Å². The van der Waals surface area contributed by atoms with Crippen LogP contribution in [-0.4, -0.2) is 32.8 Å². The maximum absolute atomic E-state index is 5.84. The first-order chi connectivity index (χ1) is 9.25. The van der Waals surface area contributed by atoms with Crippen molar-refractivity contribution in [2.75, 3.05) is 37.7 Å². The van der Waals surface area contributed by atoms with Crippen molar-refractivity contribution in [3.8, 4) is 5.75 Å². The Bertz CT molecular complexity index is 371. The normalized spacial score (nSPS) is 16.5. The van der Waals surface area contributed by atoms with E-state index in [0.29, 0.717) is 5.92 Å². The highest BCUT2D eigenvalue weighted by Gasteiger charge is 2.10. The van der Waals surface area contributed by atoms with Crippen molar-refractivity contribution in [2.45, 2.75) is 26.7 Å². The molecule has 3 nitrogen and oxygen atoms in total. The lowest BCUT2D eigenvalue weighted by molar-refractivity contribution is 0.289. The molecule has 1 saturated heterocycles. The summed E-state index contributed by atoms with van der Waals surface area (Å²) in [6, 6.07) is 8.50. The molecule has 0 saturated carbocycles. The SMILES string of the molecule is CC(C)CCOc1cccc(N2CCCNCC2)c1. The van der Waals surface area contributed by atoms with Gasteiger partial charge in [0.2, 0.25) is 0 Å². The topological polar surface area (TPSA) is 24.5 Å². The Morgan fingerprint density at radius 3 is 3.00 bits per heavy atom. The number of hydrogen-bond acceptors (Lipinski definition) is 3. The number of nitrogens with zero attached hydrogens (tertiary/aromatic N) is 1. The molecular weight excluding hydrogens is 236 g/mol. The highest BCUT2D eigenvalue weighted by atomic mass is 16.5. The number of benzene rings is 1. The smallest absolute Gasteiger partial charge is 0.121 e. The highest BCUT2D eigenvalue weighted by molar-refractivity contribution is 5.50. The summed E-state index contributed by atoms with van der Waals surface area (Å²) >= 11 is 0. The Labute approximate surface area is 116 Å². The molecule has 19 heavy (non-hydrogen) atoms. The van der Waals surface area contributed by atoms with Crippen LogP contribution in [0.25, 0.3) is 0 Å². The predicted molar refractivity (Wildman–Crippen MR) is 81.1 cm³/mol. The van der Waals surface area contributed by atoms with Gasteiger partial charge in [0.1, 0.15) is 5.75 Å². The van der Waals surface area contributed by atoms with Gasteiger partial charge in [-0.15, -0.1) is 0 Å². The van der Waals surface area contributed by atoms with Gasteiger partial charge >= 0.3 is 0 Å². The van der Waals surface area contributed by atoms with E-state index in [4.69, 9.17) is 4.74 Å². The van der Waals surface area contributed by atoms with E-state index in [1.165, 1.54) is 12.1 Å². The molecule has 1 N–H and O–H groups in total. The fraction of sp³-hybridized carbons (Fsp3) is 0.625. The molecule has 0 aromatic heterocycles. The number of anilines is 1. The summed E-state index contributed by atoms with van der Waals surface area (Å²) in [5, 5.41) is 3.44. The van der Waals surface area contributed by atoms with E-state index in [2.05, 4.69) is 48.3 Å².